The Hall–Kier alpha value is -3.33. The fraction of sp³-hybridized carbons (Fsp3) is 0.160. The lowest BCUT2D eigenvalue weighted by Crippen LogP contribution is -2.07. The molecule has 0 saturated heterocycles. The number of carbonyl (C=O) groups is 1. The van der Waals surface area contributed by atoms with Gasteiger partial charge in [0.25, 0.3) is 0 Å². The van der Waals surface area contributed by atoms with Crippen molar-refractivity contribution in [3.8, 4) is 5.75 Å². The molecular formula is C25H21NO2. The van der Waals surface area contributed by atoms with Crippen LogP contribution >= 0.6 is 0 Å². The van der Waals surface area contributed by atoms with E-state index in [2.05, 4.69) is 41.0 Å². The molecule has 138 valence electrons. The van der Waals surface area contributed by atoms with Crippen molar-refractivity contribution in [2.75, 3.05) is 7.11 Å². The molecule has 1 aliphatic rings. The van der Waals surface area contributed by atoms with Gasteiger partial charge in [-0.3, -0.25) is 4.79 Å². The second kappa shape index (κ2) is 6.68. The van der Waals surface area contributed by atoms with E-state index in [1.54, 1.807) is 7.11 Å². The van der Waals surface area contributed by atoms with Crippen molar-refractivity contribution < 1.29 is 9.53 Å². The number of para-hydroxylation sites is 1. The van der Waals surface area contributed by atoms with E-state index in [9.17, 15) is 4.79 Å². The van der Waals surface area contributed by atoms with Gasteiger partial charge in [-0.25, -0.2) is 0 Å². The number of ether oxygens (including phenoxy) is 1. The summed E-state index contributed by atoms with van der Waals surface area (Å²) in [6.45, 7) is 0.936. The van der Waals surface area contributed by atoms with Crippen molar-refractivity contribution in [1.82, 2.24) is 4.57 Å². The molecule has 0 fully saturated rings. The molecule has 0 unspecified atom stereocenters. The fourth-order valence-electron chi connectivity index (χ4n) is 4.46. The van der Waals surface area contributed by atoms with Crippen LogP contribution in [-0.2, 0) is 6.54 Å². The standard InChI is InChI=1S/C25H21NO2/c1-28-19-13-11-18(12-14-19)25(27)23-21-9-5-6-10-22(21)26-16-15-20(24(23)26)17-7-3-2-4-8-17/h2-14,20H,15-16H2,1H3/t20-/m0/s1. The first kappa shape index (κ1) is 16.8. The summed E-state index contributed by atoms with van der Waals surface area (Å²) in [4.78, 5) is 13.6. The smallest absolute Gasteiger partial charge is 0.195 e. The zero-order valence-electron chi connectivity index (χ0n) is 15.8. The van der Waals surface area contributed by atoms with Gasteiger partial charge in [-0.2, -0.15) is 0 Å². The number of rotatable bonds is 4. The predicted octanol–water partition coefficient (Wildman–Crippen LogP) is 5.42. The van der Waals surface area contributed by atoms with Crippen LogP contribution in [0.25, 0.3) is 10.9 Å². The van der Waals surface area contributed by atoms with Crippen molar-refractivity contribution in [1.29, 1.82) is 0 Å². The molecule has 4 aromatic rings. The highest BCUT2D eigenvalue weighted by Crippen LogP contribution is 2.42. The number of nitrogens with zero attached hydrogens (tertiary/aromatic N) is 1. The third-order valence-electron chi connectivity index (χ3n) is 5.76. The Labute approximate surface area is 164 Å². The normalized spacial score (nSPS) is 15.5. The van der Waals surface area contributed by atoms with Gasteiger partial charge in [-0.05, 0) is 42.3 Å². The van der Waals surface area contributed by atoms with Crippen LogP contribution in [0.15, 0.2) is 78.9 Å². The number of fused-ring (bicyclic) bond motifs is 3. The molecule has 0 bridgehead atoms. The van der Waals surface area contributed by atoms with Crippen LogP contribution < -0.4 is 4.74 Å². The third-order valence-corrected chi connectivity index (χ3v) is 5.76. The van der Waals surface area contributed by atoms with Gasteiger partial charge in [0.2, 0.25) is 0 Å². The van der Waals surface area contributed by atoms with Gasteiger partial charge in [0.05, 0.1) is 12.7 Å². The van der Waals surface area contributed by atoms with Gasteiger partial charge in [-0.1, -0.05) is 48.5 Å². The van der Waals surface area contributed by atoms with Crippen LogP contribution in [0.3, 0.4) is 0 Å². The van der Waals surface area contributed by atoms with Crippen molar-refractivity contribution in [3.05, 3.63) is 101 Å². The summed E-state index contributed by atoms with van der Waals surface area (Å²) in [6, 6.07) is 26.2. The fourth-order valence-corrected chi connectivity index (χ4v) is 4.46. The van der Waals surface area contributed by atoms with Gasteiger partial charge >= 0.3 is 0 Å². The van der Waals surface area contributed by atoms with E-state index in [1.807, 2.05) is 42.5 Å². The second-order valence-electron chi connectivity index (χ2n) is 7.24. The van der Waals surface area contributed by atoms with Gasteiger partial charge in [-0.15, -0.1) is 0 Å². The summed E-state index contributed by atoms with van der Waals surface area (Å²) in [5.41, 5.74) is 5.10. The molecule has 0 N–H and O–H groups in total. The largest absolute Gasteiger partial charge is 0.497 e. The van der Waals surface area contributed by atoms with E-state index >= 15 is 0 Å². The molecule has 0 radical (unpaired) electrons. The number of methoxy groups -OCH3 is 1. The Bertz CT molecular complexity index is 1160. The van der Waals surface area contributed by atoms with E-state index in [0.717, 1.165) is 40.9 Å². The number of ketones is 1. The van der Waals surface area contributed by atoms with E-state index < -0.39 is 0 Å². The van der Waals surface area contributed by atoms with Crippen molar-refractivity contribution in [3.63, 3.8) is 0 Å². The maximum atomic E-state index is 13.6. The molecule has 5 rings (SSSR count). The van der Waals surface area contributed by atoms with E-state index in [4.69, 9.17) is 4.74 Å². The predicted molar refractivity (Wildman–Crippen MR) is 111 cm³/mol. The average molecular weight is 367 g/mol. The topological polar surface area (TPSA) is 31.2 Å². The summed E-state index contributed by atoms with van der Waals surface area (Å²) in [7, 11) is 1.63. The summed E-state index contributed by atoms with van der Waals surface area (Å²) >= 11 is 0. The number of aromatic nitrogens is 1. The minimum atomic E-state index is 0.0791. The molecule has 1 atom stereocenters. The zero-order valence-corrected chi connectivity index (χ0v) is 15.8. The third kappa shape index (κ3) is 2.55. The highest BCUT2D eigenvalue weighted by atomic mass is 16.5. The minimum Gasteiger partial charge on any atom is -0.497 e. The lowest BCUT2D eigenvalue weighted by atomic mass is 9.89. The van der Waals surface area contributed by atoms with E-state index in [0.29, 0.717) is 5.56 Å². The van der Waals surface area contributed by atoms with Crippen molar-refractivity contribution in [2.24, 2.45) is 0 Å². The molecule has 0 saturated carbocycles. The van der Waals surface area contributed by atoms with Crippen molar-refractivity contribution in [2.45, 2.75) is 18.9 Å². The zero-order chi connectivity index (χ0) is 19.1. The van der Waals surface area contributed by atoms with Crippen molar-refractivity contribution >= 4 is 16.7 Å². The maximum absolute atomic E-state index is 13.6. The molecule has 3 heteroatoms. The SMILES string of the molecule is COc1ccc(C(=O)c2c3n(c4ccccc24)CC[C@H]3c2ccccc2)cc1. The molecule has 28 heavy (non-hydrogen) atoms. The molecule has 3 aromatic carbocycles. The first-order valence-corrected chi connectivity index (χ1v) is 9.62. The van der Waals surface area contributed by atoms with Crippen LogP contribution in [0.1, 0.15) is 39.5 Å². The number of carbonyl (C=O) groups excluding carboxylic acids is 1. The Morgan fingerprint density at radius 1 is 0.929 bits per heavy atom. The van der Waals surface area contributed by atoms with Gasteiger partial charge in [0, 0.05) is 34.6 Å². The van der Waals surface area contributed by atoms with Crippen LogP contribution in [0.2, 0.25) is 0 Å². The molecule has 1 aliphatic heterocycles. The Balaban J connectivity index is 1.71. The van der Waals surface area contributed by atoms with Crippen LogP contribution in [-0.4, -0.2) is 17.5 Å². The second-order valence-corrected chi connectivity index (χ2v) is 7.24. The lowest BCUT2D eigenvalue weighted by Gasteiger charge is -2.13. The summed E-state index contributed by atoms with van der Waals surface area (Å²) in [5, 5.41) is 1.04. The number of aryl methyl sites for hydroxylation is 1. The molecule has 0 spiro atoms. The molecule has 0 aliphatic carbocycles. The average Bonchev–Trinajstić information content (AvgIpc) is 3.32. The summed E-state index contributed by atoms with van der Waals surface area (Å²) in [6.07, 6.45) is 1.02. The Morgan fingerprint density at radius 2 is 1.64 bits per heavy atom. The highest BCUT2D eigenvalue weighted by molar-refractivity contribution is 6.18. The summed E-state index contributed by atoms with van der Waals surface area (Å²) in [5.74, 6) is 1.08. The van der Waals surface area contributed by atoms with Gasteiger partial charge < -0.3 is 9.30 Å². The highest BCUT2D eigenvalue weighted by Gasteiger charge is 2.33. The van der Waals surface area contributed by atoms with E-state index in [-0.39, 0.29) is 11.7 Å². The minimum absolute atomic E-state index is 0.0791. The molecule has 0 amide bonds. The maximum Gasteiger partial charge on any atom is 0.195 e. The number of benzene rings is 3. The van der Waals surface area contributed by atoms with Crippen LogP contribution in [0.5, 0.6) is 5.75 Å². The monoisotopic (exact) mass is 367 g/mol. The Morgan fingerprint density at radius 3 is 2.39 bits per heavy atom. The quantitative estimate of drug-likeness (QED) is 0.451. The van der Waals surface area contributed by atoms with Gasteiger partial charge in [0.15, 0.2) is 5.78 Å². The first-order valence-electron chi connectivity index (χ1n) is 9.62. The molecular weight excluding hydrogens is 346 g/mol. The number of hydrogen-bond acceptors (Lipinski definition) is 2. The molecule has 2 heterocycles. The van der Waals surface area contributed by atoms with Gasteiger partial charge in [0.1, 0.15) is 5.75 Å². The van der Waals surface area contributed by atoms with Crippen LogP contribution in [0.4, 0.5) is 0 Å². The molecule has 3 nitrogen and oxygen atoms in total. The first-order chi connectivity index (χ1) is 13.8. The van der Waals surface area contributed by atoms with E-state index in [1.165, 1.54) is 5.56 Å². The Kier molecular flexibility index (Phi) is 4.01. The summed E-state index contributed by atoms with van der Waals surface area (Å²) < 4.78 is 7.58. The lowest BCUT2D eigenvalue weighted by molar-refractivity contribution is 0.103. The molecule has 1 aromatic heterocycles. The number of hydrogen-bond donors (Lipinski definition) is 0. The van der Waals surface area contributed by atoms with Crippen LogP contribution in [0, 0.1) is 0 Å².